The van der Waals surface area contributed by atoms with Crippen molar-refractivity contribution >= 4 is 11.8 Å². The molecular formula is C15H19N3O3. The molecule has 2 heterocycles. The third-order valence-corrected chi connectivity index (χ3v) is 4.21. The molecule has 0 bridgehead atoms. The maximum atomic E-state index is 12.7. The first-order chi connectivity index (χ1) is 10.1. The molecule has 2 amide bonds. The topological polar surface area (TPSA) is 71.5 Å². The summed E-state index contributed by atoms with van der Waals surface area (Å²) in [7, 11) is 1.55. The van der Waals surface area contributed by atoms with Gasteiger partial charge in [0.1, 0.15) is 12.1 Å². The van der Waals surface area contributed by atoms with Crippen LogP contribution in [0.15, 0.2) is 18.2 Å². The quantitative estimate of drug-likeness (QED) is 0.896. The highest BCUT2D eigenvalue weighted by atomic mass is 16.5. The van der Waals surface area contributed by atoms with Gasteiger partial charge in [0.2, 0.25) is 17.7 Å². The highest BCUT2D eigenvalue weighted by Crippen LogP contribution is 2.33. The molecule has 1 N–H and O–H groups in total. The number of amides is 2. The van der Waals surface area contributed by atoms with Gasteiger partial charge in [-0.1, -0.05) is 18.9 Å². The molecule has 0 aromatic carbocycles. The zero-order valence-electron chi connectivity index (χ0n) is 12.1. The van der Waals surface area contributed by atoms with E-state index in [1.807, 2.05) is 12.1 Å². The molecule has 2 fully saturated rings. The highest BCUT2D eigenvalue weighted by molar-refractivity contribution is 5.98. The summed E-state index contributed by atoms with van der Waals surface area (Å²) in [6.45, 7) is 0.435. The summed E-state index contributed by atoms with van der Waals surface area (Å²) in [5.74, 6) is 0.445. The van der Waals surface area contributed by atoms with Crippen LogP contribution in [0.25, 0.3) is 0 Å². The summed E-state index contributed by atoms with van der Waals surface area (Å²) in [6, 6.07) is 5.43. The molecule has 1 aromatic heterocycles. The van der Waals surface area contributed by atoms with Gasteiger partial charge in [0.05, 0.1) is 19.3 Å². The lowest BCUT2D eigenvalue weighted by Gasteiger charge is -2.39. The van der Waals surface area contributed by atoms with Crippen LogP contribution < -0.4 is 10.1 Å². The number of aromatic nitrogens is 1. The summed E-state index contributed by atoms with van der Waals surface area (Å²) in [6.07, 6.45) is 3.44. The molecule has 2 aliphatic rings. The molecule has 6 nitrogen and oxygen atoms in total. The van der Waals surface area contributed by atoms with Crippen molar-refractivity contribution in [3.05, 3.63) is 23.9 Å². The zero-order valence-corrected chi connectivity index (χ0v) is 12.1. The Bertz CT molecular complexity index is 567. The molecule has 0 radical (unpaired) electrons. The van der Waals surface area contributed by atoms with Crippen LogP contribution in [0, 0.1) is 0 Å². The van der Waals surface area contributed by atoms with Gasteiger partial charge < -0.3 is 15.0 Å². The third-order valence-electron chi connectivity index (χ3n) is 4.21. The second-order valence-electron chi connectivity index (χ2n) is 5.67. The van der Waals surface area contributed by atoms with Crippen LogP contribution in [0.1, 0.15) is 31.4 Å². The summed E-state index contributed by atoms with van der Waals surface area (Å²) >= 11 is 0. The molecule has 1 aliphatic heterocycles. The van der Waals surface area contributed by atoms with Crippen LogP contribution in [0.2, 0.25) is 0 Å². The van der Waals surface area contributed by atoms with Gasteiger partial charge in [0.25, 0.3) is 0 Å². The molecule has 1 saturated heterocycles. The lowest BCUT2D eigenvalue weighted by Crippen LogP contribution is -2.65. The van der Waals surface area contributed by atoms with Gasteiger partial charge in [-0.05, 0) is 18.9 Å². The standard InChI is InChI=1S/C15H19N3O3/c1-21-13-6-4-5-11(16-13)9-18-10-12(19)17-15(14(18)20)7-2-3-8-15/h4-6H,2-3,7-10H2,1H3,(H,17,19). The van der Waals surface area contributed by atoms with Crippen molar-refractivity contribution in [1.82, 2.24) is 15.2 Å². The Morgan fingerprint density at radius 2 is 2.10 bits per heavy atom. The fourth-order valence-corrected chi connectivity index (χ4v) is 3.21. The maximum Gasteiger partial charge on any atom is 0.249 e. The highest BCUT2D eigenvalue weighted by Gasteiger charge is 2.48. The maximum absolute atomic E-state index is 12.7. The number of piperazine rings is 1. The van der Waals surface area contributed by atoms with Crippen molar-refractivity contribution in [2.75, 3.05) is 13.7 Å². The Kier molecular flexibility index (Phi) is 3.53. The van der Waals surface area contributed by atoms with Crippen molar-refractivity contribution in [1.29, 1.82) is 0 Å². The van der Waals surface area contributed by atoms with Crippen LogP contribution in [-0.2, 0) is 16.1 Å². The van der Waals surface area contributed by atoms with E-state index in [1.54, 1.807) is 18.1 Å². The van der Waals surface area contributed by atoms with E-state index in [-0.39, 0.29) is 18.4 Å². The van der Waals surface area contributed by atoms with Gasteiger partial charge in [-0.25, -0.2) is 4.98 Å². The monoisotopic (exact) mass is 289 g/mol. The lowest BCUT2D eigenvalue weighted by molar-refractivity contribution is -0.150. The van der Waals surface area contributed by atoms with Crippen molar-refractivity contribution in [3.63, 3.8) is 0 Å². The number of rotatable bonds is 3. The van der Waals surface area contributed by atoms with Crippen LogP contribution in [0.4, 0.5) is 0 Å². The number of carbonyl (C=O) groups excluding carboxylic acids is 2. The molecule has 0 atom stereocenters. The Morgan fingerprint density at radius 3 is 2.81 bits per heavy atom. The molecule has 1 saturated carbocycles. The van der Waals surface area contributed by atoms with Gasteiger partial charge in [-0.2, -0.15) is 0 Å². The van der Waals surface area contributed by atoms with E-state index in [1.165, 1.54) is 0 Å². The summed E-state index contributed by atoms with van der Waals surface area (Å²) in [5.41, 5.74) is 0.0549. The minimum Gasteiger partial charge on any atom is -0.481 e. The average Bonchev–Trinajstić information content (AvgIpc) is 2.94. The number of pyridine rings is 1. The molecule has 1 aliphatic carbocycles. The van der Waals surface area contributed by atoms with E-state index in [9.17, 15) is 9.59 Å². The number of nitrogens with one attached hydrogen (secondary N) is 1. The second-order valence-corrected chi connectivity index (χ2v) is 5.67. The first-order valence-corrected chi connectivity index (χ1v) is 7.23. The number of nitrogens with zero attached hydrogens (tertiary/aromatic N) is 2. The van der Waals surface area contributed by atoms with E-state index in [2.05, 4.69) is 10.3 Å². The molecular weight excluding hydrogens is 270 g/mol. The van der Waals surface area contributed by atoms with Crippen molar-refractivity contribution in [2.24, 2.45) is 0 Å². The van der Waals surface area contributed by atoms with E-state index in [0.29, 0.717) is 12.4 Å². The Balaban J connectivity index is 1.80. The molecule has 21 heavy (non-hydrogen) atoms. The fourth-order valence-electron chi connectivity index (χ4n) is 3.21. The van der Waals surface area contributed by atoms with E-state index < -0.39 is 5.54 Å². The normalized spacial score (nSPS) is 20.7. The van der Waals surface area contributed by atoms with Crippen molar-refractivity contribution in [2.45, 2.75) is 37.8 Å². The predicted octanol–water partition coefficient (Wildman–Crippen LogP) is 0.861. The average molecular weight is 289 g/mol. The largest absolute Gasteiger partial charge is 0.481 e. The first-order valence-electron chi connectivity index (χ1n) is 7.23. The summed E-state index contributed by atoms with van der Waals surface area (Å²) < 4.78 is 5.09. The Hall–Kier alpha value is -2.11. The van der Waals surface area contributed by atoms with Gasteiger partial charge >= 0.3 is 0 Å². The Morgan fingerprint density at radius 1 is 1.33 bits per heavy atom. The fraction of sp³-hybridized carbons (Fsp3) is 0.533. The number of hydrogen-bond acceptors (Lipinski definition) is 4. The van der Waals surface area contributed by atoms with E-state index in [0.717, 1.165) is 31.4 Å². The summed E-state index contributed by atoms with van der Waals surface area (Å²) in [5, 5.41) is 2.90. The molecule has 0 unspecified atom stereocenters. The third kappa shape index (κ3) is 2.57. The van der Waals surface area contributed by atoms with Crippen molar-refractivity contribution < 1.29 is 14.3 Å². The number of hydrogen-bond donors (Lipinski definition) is 1. The number of ether oxygens (including phenoxy) is 1. The zero-order chi connectivity index (χ0) is 14.9. The molecule has 112 valence electrons. The minimum atomic E-state index is -0.672. The SMILES string of the molecule is COc1cccc(CN2CC(=O)NC3(CCCC3)C2=O)n1. The molecule has 6 heteroatoms. The number of methoxy groups -OCH3 is 1. The van der Waals surface area contributed by atoms with Crippen LogP contribution in [-0.4, -0.2) is 40.9 Å². The minimum absolute atomic E-state index is 0.0178. The van der Waals surface area contributed by atoms with E-state index >= 15 is 0 Å². The molecule has 1 spiro atoms. The summed E-state index contributed by atoms with van der Waals surface area (Å²) in [4.78, 5) is 30.6. The smallest absolute Gasteiger partial charge is 0.249 e. The number of carbonyl (C=O) groups is 2. The van der Waals surface area contributed by atoms with Crippen LogP contribution in [0.3, 0.4) is 0 Å². The van der Waals surface area contributed by atoms with Gasteiger partial charge in [0, 0.05) is 6.07 Å². The van der Waals surface area contributed by atoms with Gasteiger partial charge in [-0.3, -0.25) is 9.59 Å². The first kappa shape index (κ1) is 13.9. The second kappa shape index (κ2) is 5.35. The van der Waals surface area contributed by atoms with Crippen LogP contribution >= 0.6 is 0 Å². The van der Waals surface area contributed by atoms with Crippen molar-refractivity contribution in [3.8, 4) is 5.88 Å². The van der Waals surface area contributed by atoms with Gasteiger partial charge in [-0.15, -0.1) is 0 Å². The van der Waals surface area contributed by atoms with Crippen LogP contribution in [0.5, 0.6) is 5.88 Å². The van der Waals surface area contributed by atoms with E-state index in [4.69, 9.17) is 4.74 Å². The molecule has 3 rings (SSSR count). The predicted molar refractivity (Wildman–Crippen MR) is 75.5 cm³/mol. The lowest BCUT2D eigenvalue weighted by atomic mass is 9.93. The van der Waals surface area contributed by atoms with Gasteiger partial charge in [0.15, 0.2) is 0 Å². The Labute approximate surface area is 123 Å². The molecule has 1 aromatic rings.